The summed E-state index contributed by atoms with van der Waals surface area (Å²) in [7, 11) is 0. The van der Waals surface area contributed by atoms with E-state index < -0.39 is 6.04 Å². The Balaban J connectivity index is 1.37. The average molecular weight is 421 g/mol. The fraction of sp³-hybridized carbons (Fsp3) is 0.600. The third kappa shape index (κ3) is 4.23. The average Bonchev–Trinajstić information content (AvgIpc) is 3.24. The maximum atomic E-state index is 13.1. The monoisotopic (exact) mass is 420 g/mol. The van der Waals surface area contributed by atoms with Crippen molar-refractivity contribution in [2.45, 2.75) is 37.8 Å². The molecule has 156 valence electrons. The molecule has 0 saturated carbocycles. The highest BCUT2D eigenvalue weighted by atomic mass is 35.5. The zero-order valence-corrected chi connectivity index (χ0v) is 17.0. The fourth-order valence-corrected chi connectivity index (χ4v) is 4.57. The lowest BCUT2D eigenvalue weighted by Crippen LogP contribution is -2.55. The summed E-state index contributed by atoms with van der Waals surface area (Å²) in [6.07, 6.45) is 4.46. The Labute approximate surface area is 174 Å². The van der Waals surface area contributed by atoms with E-state index in [0.717, 1.165) is 19.3 Å². The molecule has 3 amide bonds. The van der Waals surface area contributed by atoms with Gasteiger partial charge in [-0.2, -0.15) is 0 Å². The molecule has 3 aliphatic rings. The quantitative estimate of drug-likeness (QED) is 0.686. The molecule has 0 aromatic carbocycles. The van der Waals surface area contributed by atoms with Gasteiger partial charge in [0.05, 0.1) is 12.2 Å². The number of piperidine rings is 1. The lowest BCUT2D eigenvalue weighted by atomic mass is 10.0. The summed E-state index contributed by atoms with van der Waals surface area (Å²) >= 11 is 5.81. The summed E-state index contributed by atoms with van der Waals surface area (Å²) < 4.78 is 5.20. The van der Waals surface area contributed by atoms with E-state index >= 15 is 0 Å². The minimum Gasteiger partial charge on any atom is -0.370 e. The predicted molar refractivity (Wildman–Crippen MR) is 105 cm³/mol. The molecule has 1 unspecified atom stereocenters. The second-order valence-corrected chi connectivity index (χ2v) is 8.11. The molecule has 1 atom stereocenters. The third-order valence-electron chi connectivity index (χ3n) is 6.01. The highest BCUT2D eigenvalue weighted by Crippen LogP contribution is 2.25. The van der Waals surface area contributed by atoms with Crippen LogP contribution in [-0.2, 0) is 14.3 Å². The van der Waals surface area contributed by atoms with Crippen LogP contribution in [-0.4, -0.2) is 88.9 Å². The number of ether oxygens (including phenoxy) is 1. The largest absolute Gasteiger partial charge is 0.370 e. The van der Waals surface area contributed by atoms with Gasteiger partial charge in [-0.15, -0.1) is 0 Å². The third-order valence-corrected chi connectivity index (χ3v) is 6.24. The lowest BCUT2D eigenvalue weighted by Gasteiger charge is -2.41. The Morgan fingerprint density at radius 3 is 2.59 bits per heavy atom. The minimum absolute atomic E-state index is 0.00419. The number of hydrogen-bond donors (Lipinski definition) is 0. The summed E-state index contributed by atoms with van der Waals surface area (Å²) in [5, 5.41) is 0.331. The first-order chi connectivity index (χ1) is 14.0. The highest BCUT2D eigenvalue weighted by molar-refractivity contribution is 6.29. The molecule has 3 aliphatic heterocycles. The Morgan fingerprint density at radius 1 is 1.10 bits per heavy atom. The van der Waals surface area contributed by atoms with E-state index in [-0.39, 0.29) is 30.4 Å². The number of hydrogen-bond acceptors (Lipinski definition) is 5. The molecule has 9 heteroatoms. The smallest absolute Gasteiger partial charge is 0.256 e. The van der Waals surface area contributed by atoms with Crippen molar-refractivity contribution >= 4 is 29.3 Å². The maximum Gasteiger partial charge on any atom is 0.256 e. The maximum absolute atomic E-state index is 13.1. The van der Waals surface area contributed by atoms with Crippen LogP contribution in [0.15, 0.2) is 18.3 Å². The van der Waals surface area contributed by atoms with Crippen molar-refractivity contribution in [2.75, 3.05) is 39.4 Å². The molecule has 29 heavy (non-hydrogen) atoms. The standard InChI is InChI=1S/C20H25ClN4O4/c21-17-4-3-14(12-22-17)19(27)25-7-1-2-16(25)20(28)23-8-5-15(6-9-23)24-10-11-29-13-18(24)26/h3-4,12,15-16H,1-2,5-11,13H2. The van der Waals surface area contributed by atoms with E-state index in [1.165, 1.54) is 6.20 Å². The van der Waals surface area contributed by atoms with Crippen LogP contribution in [0, 0.1) is 0 Å². The molecule has 0 bridgehead atoms. The summed E-state index contributed by atoms with van der Waals surface area (Å²) in [5.74, 6) is -0.145. The van der Waals surface area contributed by atoms with Gasteiger partial charge in [0.2, 0.25) is 11.8 Å². The fourth-order valence-electron chi connectivity index (χ4n) is 4.46. The molecule has 1 aromatic rings. The van der Waals surface area contributed by atoms with Gasteiger partial charge >= 0.3 is 0 Å². The van der Waals surface area contributed by atoms with Crippen molar-refractivity contribution < 1.29 is 19.1 Å². The molecule has 0 spiro atoms. The first-order valence-electron chi connectivity index (χ1n) is 10.1. The number of rotatable bonds is 3. The Bertz CT molecular complexity index is 779. The van der Waals surface area contributed by atoms with Gasteiger partial charge in [-0.3, -0.25) is 14.4 Å². The number of amides is 3. The van der Waals surface area contributed by atoms with Crippen LogP contribution >= 0.6 is 11.6 Å². The molecule has 3 fully saturated rings. The van der Waals surface area contributed by atoms with E-state index in [1.807, 2.05) is 9.80 Å². The number of nitrogens with zero attached hydrogens (tertiary/aromatic N) is 4. The molecule has 8 nitrogen and oxygen atoms in total. The molecule has 1 aromatic heterocycles. The predicted octanol–water partition coefficient (Wildman–Crippen LogP) is 1.19. The highest BCUT2D eigenvalue weighted by Gasteiger charge is 2.39. The van der Waals surface area contributed by atoms with Gasteiger partial charge < -0.3 is 19.4 Å². The molecule has 0 radical (unpaired) electrons. The van der Waals surface area contributed by atoms with Gasteiger partial charge in [0.25, 0.3) is 5.91 Å². The first kappa shape index (κ1) is 20.1. The van der Waals surface area contributed by atoms with Crippen molar-refractivity contribution in [1.82, 2.24) is 19.7 Å². The van der Waals surface area contributed by atoms with Crippen LogP contribution in [0.3, 0.4) is 0 Å². The molecule has 0 aliphatic carbocycles. The van der Waals surface area contributed by atoms with Gasteiger partial charge in [0.15, 0.2) is 0 Å². The van der Waals surface area contributed by atoms with Crippen LogP contribution in [0.2, 0.25) is 5.15 Å². The zero-order chi connectivity index (χ0) is 20.4. The minimum atomic E-state index is -0.431. The lowest BCUT2D eigenvalue weighted by molar-refractivity contribution is -0.148. The van der Waals surface area contributed by atoms with Crippen LogP contribution in [0.4, 0.5) is 0 Å². The second kappa shape index (κ2) is 8.67. The molecule has 0 N–H and O–H groups in total. The second-order valence-electron chi connectivity index (χ2n) is 7.72. The van der Waals surface area contributed by atoms with Gasteiger partial charge in [0, 0.05) is 38.4 Å². The van der Waals surface area contributed by atoms with E-state index in [0.29, 0.717) is 49.9 Å². The van der Waals surface area contributed by atoms with E-state index in [2.05, 4.69) is 4.98 Å². The molecule has 3 saturated heterocycles. The van der Waals surface area contributed by atoms with Gasteiger partial charge in [0.1, 0.15) is 17.8 Å². The number of carbonyl (C=O) groups excluding carboxylic acids is 3. The van der Waals surface area contributed by atoms with Crippen molar-refractivity contribution in [3.8, 4) is 0 Å². The Hall–Kier alpha value is -2.19. The van der Waals surface area contributed by atoms with Gasteiger partial charge in [-0.25, -0.2) is 4.98 Å². The summed E-state index contributed by atoms with van der Waals surface area (Å²) in [4.78, 5) is 47.4. The van der Waals surface area contributed by atoms with Crippen LogP contribution < -0.4 is 0 Å². The van der Waals surface area contributed by atoms with Crippen molar-refractivity contribution in [3.63, 3.8) is 0 Å². The number of pyridine rings is 1. The van der Waals surface area contributed by atoms with Gasteiger partial charge in [-0.05, 0) is 37.8 Å². The van der Waals surface area contributed by atoms with E-state index in [9.17, 15) is 14.4 Å². The number of halogens is 1. The Morgan fingerprint density at radius 2 is 1.90 bits per heavy atom. The first-order valence-corrected chi connectivity index (χ1v) is 10.5. The topological polar surface area (TPSA) is 83.1 Å². The Kier molecular flexibility index (Phi) is 6.01. The number of morpholine rings is 1. The van der Waals surface area contributed by atoms with Crippen molar-refractivity contribution in [2.24, 2.45) is 0 Å². The number of likely N-dealkylation sites (tertiary alicyclic amines) is 2. The normalized spacial score (nSPS) is 23.6. The molecular formula is C20H25ClN4O4. The number of aromatic nitrogens is 1. The molecule has 4 rings (SSSR count). The SMILES string of the molecule is O=C(C1CCCN1C(=O)c1ccc(Cl)nc1)N1CCC(N2CCOCC2=O)CC1. The van der Waals surface area contributed by atoms with Crippen molar-refractivity contribution in [3.05, 3.63) is 29.0 Å². The number of carbonyl (C=O) groups is 3. The summed E-state index contributed by atoms with van der Waals surface area (Å²) in [6, 6.07) is 2.96. The molecule has 4 heterocycles. The van der Waals surface area contributed by atoms with Crippen LogP contribution in [0.1, 0.15) is 36.0 Å². The van der Waals surface area contributed by atoms with E-state index in [1.54, 1.807) is 17.0 Å². The molecular weight excluding hydrogens is 396 g/mol. The van der Waals surface area contributed by atoms with Crippen LogP contribution in [0.5, 0.6) is 0 Å². The zero-order valence-electron chi connectivity index (χ0n) is 16.3. The van der Waals surface area contributed by atoms with Crippen LogP contribution in [0.25, 0.3) is 0 Å². The van der Waals surface area contributed by atoms with Crippen molar-refractivity contribution in [1.29, 1.82) is 0 Å². The van der Waals surface area contributed by atoms with Gasteiger partial charge in [-0.1, -0.05) is 11.6 Å². The summed E-state index contributed by atoms with van der Waals surface area (Å²) in [5.41, 5.74) is 0.443. The van der Waals surface area contributed by atoms with E-state index in [4.69, 9.17) is 16.3 Å². The summed E-state index contributed by atoms with van der Waals surface area (Å²) in [6.45, 7) is 3.12.